The minimum Gasteiger partial charge on any atom is -0.501 e. The molecule has 26 heavy (non-hydrogen) atoms. The van der Waals surface area contributed by atoms with Crippen LogP contribution < -0.4 is 5.43 Å². The van der Waals surface area contributed by atoms with E-state index in [1.54, 1.807) is 31.1 Å². The molecule has 0 unspecified atom stereocenters. The second-order valence-electron chi connectivity index (χ2n) is 6.00. The van der Waals surface area contributed by atoms with E-state index in [1.807, 2.05) is 50.2 Å². The number of pyridine rings is 2. The Morgan fingerprint density at radius 3 is 2.62 bits per heavy atom. The molecule has 0 bridgehead atoms. The van der Waals surface area contributed by atoms with Crippen molar-refractivity contribution >= 4 is 22.7 Å². The van der Waals surface area contributed by atoms with Gasteiger partial charge in [-0.3, -0.25) is 9.78 Å². The van der Waals surface area contributed by atoms with E-state index in [0.29, 0.717) is 5.39 Å². The molecule has 0 saturated heterocycles. The van der Waals surface area contributed by atoms with Gasteiger partial charge in [-0.1, -0.05) is 36.9 Å². The first-order valence-electron chi connectivity index (χ1n) is 8.54. The van der Waals surface area contributed by atoms with E-state index in [4.69, 9.17) is 4.74 Å². The maximum atomic E-state index is 12.7. The van der Waals surface area contributed by atoms with Crippen molar-refractivity contribution in [2.24, 2.45) is 0 Å². The standard InChI is InChI=1S/C21H22N2O2S/c1-5-20(15(3)25-4)26-21-12-19(24)17-13-22-14(2)11-18(17)23(21)16-9-7-6-8-10-16/h6-13H,5H2,1-4H3/b20-15+. The summed E-state index contributed by atoms with van der Waals surface area (Å²) < 4.78 is 7.54. The zero-order valence-corrected chi connectivity index (χ0v) is 16.3. The number of methoxy groups -OCH3 is 1. The highest BCUT2D eigenvalue weighted by Crippen LogP contribution is 2.34. The third-order valence-corrected chi connectivity index (χ3v) is 5.59. The van der Waals surface area contributed by atoms with Gasteiger partial charge in [0, 0.05) is 28.5 Å². The van der Waals surface area contributed by atoms with Crippen molar-refractivity contribution in [3.05, 3.63) is 75.2 Å². The van der Waals surface area contributed by atoms with Crippen molar-refractivity contribution in [3.8, 4) is 5.69 Å². The zero-order valence-electron chi connectivity index (χ0n) is 15.4. The smallest absolute Gasteiger partial charge is 0.192 e. The first kappa shape index (κ1) is 18.3. The molecule has 0 atom stereocenters. The van der Waals surface area contributed by atoms with Gasteiger partial charge in [0.05, 0.1) is 23.0 Å². The zero-order chi connectivity index (χ0) is 18.7. The summed E-state index contributed by atoms with van der Waals surface area (Å²) in [4.78, 5) is 18.1. The third kappa shape index (κ3) is 3.53. The van der Waals surface area contributed by atoms with Crippen LogP contribution in [0.1, 0.15) is 26.0 Å². The van der Waals surface area contributed by atoms with E-state index < -0.39 is 0 Å². The Morgan fingerprint density at radius 1 is 1.23 bits per heavy atom. The molecular formula is C21H22N2O2S. The van der Waals surface area contributed by atoms with Crippen molar-refractivity contribution in [1.82, 2.24) is 9.55 Å². The Hall–Kier alpha value is -2.53. The predicted molar refractivity (Wildman–Crippen MR) is 108 cm³/mol. The Kier molecular flexibility index (Phi) is 5.47. The lowest BCUT2D eigenvalue weighted by Crippen LogP contribution is -2.11. The average Bonchev–Trinajstić information content (AvgIpc) is 2.66. The quantitative estimate of drug-likeness (QED) is 0.467. The lowest BCUT2D eigenvalue weighted by atomic mass is 10.2. The molecule has 0 aliphatic rings. The van der Waals surface area contributed by atoms with Gasteiger partial charge >= 0.3 is 0 Å². The van der Waals surface area contributed by atoms with Gasteiger partial charge in [-0.25, -0.2) is 0 Å². The molecule has 2 aromatic heterocycles. The van der Waals surface area contributed by atoms with Gasteiger partial charge in [-0.2, -0.15) is 0 Å². The number of hydrogen-bond acceptors (Lipinski definition) is 4. The summed E-state index contributed by atoms with van der Waals surface area (Å²) in [6.07, 6.45) is 2.50. The number of para-hydroxylation sites is 1. The van der Waals surface area contributed by atoms with Gasteiger partial charge in [0.15, 0.2) is 5.43 Å². The molecule has 0 N–H and O–H groups in total. The van der Waals surface area contributed by atoms with Gasteiger partial charge in [-0.15, -0.1) is 0 Å². The van der Waals surface area contributed by atoms with E-state index in [-0.39, 0.29) is 5.43 Å². The van der Waals surface area contributed by atoms with Crippen molar-refractivity contribution in [3.63, 3.8) is 0 Å². The van der Waals surface area contributed by atoms with Crippen LogP contribution in [0.2, 0.25) is 0 Å². The molecule has 5 heteroatoms. The van der Waals surface area contributed by atoms with Crippen LogP contribution in [-0.4, -0.2) is 16.7 Å². The Balaban J connectivity index is 2.33. The molecule has 3 aromatic rings. The number of ether oxygens (including phenoxy) is 1. The lowest BCUT2D eigenvalue weighted by molar-refractivity contribution is 0.291. The topological polar surface area (TPSA) is 44.1 Å². The largest absolute Gasteiger partial charge is 0.501 e. The van der Waals surface area contributed by atoms with Gasteiger partial charge in [-0.05, 0) is 38.5 Å². The molecule has 4 nitrogen and oxygen atoms in total. The highest BCUT2D eigenvalue weighted by atomic mass is 32.2. The molecule has 0 fully saturated rings. The fraction of sp³-hybridized carbons (Fsp3) is 0.238. The molecule has 0 aliphatic heterocycles. The van der Waals surface area contributed by atoms with Gasteiger partial charge < -0.3 is 9.30 Å². The number of aromatic nitrogens is 2. The molecule has 0 saturated carbocycles. The van der Waals surface area contributed by atoms with E-state index in [9.17, 15) is 4.79 Å². The lowest BCUT2D eigenvalue weighted by Gasteiger charge is -2.18. The maximum absolute atomic E-state index is 12.7. The fourth-order valence-corrected chi connectivity index (χ4v) is 3.93. The normalized spacial score (nSPS) is 12.2. The monoisotopic (exact) mass is 366 g/mol. The van der Waals surface area contributed by atoms with Crippen LogP contribution in [0.4, 0.5) is 0 Å². The van der Waals surface area contributed by atoms with Crippen molar-refractivity contribution in [2.75, 3.05) is 7.11 Å². The second-order valence-corrected chi connectivity index (χ2v) is 7.11. The highest BCUT2D eigenvalue weighted by Gasteiger charge is 2.14. The van der Waals surface area contributed by atoms with E-state index in [0.717, 1.165) is 39.0 Å². The summed E-state index contributed by atoms with van der Waals surface area (Å²) in [7, 11) is 1.67. The number of allylic oxidation sites excluding steroid dienone is 2. The Bertz CT molecular complexity index is 1020. The summed E-state index contributed by atoms with van der Waals surface area (Å²) >= 11 is 1.57. The van der Waals surface area contributed by atoms with Crippen molar-refractivity contribution in [1.29, 1.82) is 0 Å². The first-order valence-corrected chi connectivity index (χ1v) is 9.36. The van der Waals surface area contributed by atoms with Gasteiger partial charge in [0.2, 0.25) is 0 Å². The maximum Gasteiger partial charge on any atom is 0.192 e. The number of thioether (sulfide) groups is 1. The van der Waals surface area contributed by atoms with Crippen LogP contribution in [0, 0.1) is 6.92 Å². The van der Waals surface area contributed by atoms with Crippen LogP contribution >= 0.6 is 11.8 Å². The molecule has 0 aliphatic carbocycles. The molecule has 3 rings (SSSR count). The summed E-state index contributed by atoms with van der Waals surface area (Å²) in [5.41, 5.74) is 2.73. The molecule has 0 amide bonds. The molecule has 0 radical (unpaired) electrons. The summed E-state index contributed by atoms with van der Waals surface area (Å²) in [5, 5.41) is 1.49. The number of fused-ring (bicyclic) bond motifs is 1. The van der Waals surface area contributed by atoms with Crippen LogP contribution in [0.15, 0.2) is 69.1 Å². The third-order valence-electron chi connectivity index (χ3n) is 4.26. The van der Waals surface area contributed by atoms with Crippen molar-refractivity contribution < 1.29 is 4.74 Å². The van der Waals surface area contributed by atoms with E-state index >= 15 is 0 Å². The number of nitrogens with zero attached hydrogens (tertiary/aromatic N) is 2. The van der Waals surface area contributed by atoms with Gasteiger partial charge in [0.25, 0.3) is 0 Å². The number of benzene rings is 1. The highest BCUT2D eigenvalue weighted by molar-refractivity contribution is 8.03. The summed E-state index contributed by atoms with van der Waals surface area (Å²) in [5.74, 6) is 0.871. The molecule has 2 heterocycles. The molecule has 134 valence electrons. The Morgan fingerprint density at radius 2 is 1.96 bits per heavy atom. The van der Waals surface area contributed by atoms with Crippen molar-refractivity contribution in [2.45, 2.75) is 32.2 Å². The molecular weight excluding hydrogens is 344 g/mol. The van der Waals surface area contributed by atoms with Crippen LogP contribution in [0.3, 0.4) is 0 Å². The minimum absolute atomic E-state index is 0.0206. The molecule has 1 aromatic carbocycles. The van der Waals surface area contributed by atoms with Crippen LogP contribution in [-0.2, 0) is 4.74 Å². The minimum atomic E-state index is -0.0206. The summed E-state index contributed by atoms with van der Waals surface area (Å²) in [6, 6.07) is 13.7. The first-order chi connectivity index (χ1) is 12.5. The number of aryl methyl sites for hydroxylation is 1. The SMILES string of the molecule is CC/C(Sc1cc(=O)c2cnc(C)cc2n1-c1ccccc1)=C(/C)OC. The number of rotatable bonds is 5. The van der Waals surface area contributed by atoms with E-state index in [1.165, 1.54) is 0 Å². The average molecular weight is 366 g/mol. The fourth-order valence-electron chi connectivity index (χ4n) is 2.84. The predicted octanol–water partition coefficient (Wildman–Crippen LogP) is 5.07. The Labute approximate surface area is 157 Å². The summed E-state index contributed by atoms with van der Waals surface area (Å²) in [6.45, 7) is 5.97. The van der Waals surface area contributed by atoms with Crippen LogP contribution in [0.5, 0.6) is 0 Å². The van der Waals surface area contributed by atoms with Gasteiger partial charge in [0.1, 0.15) is 5.76 Å². The van der Waals surface area contributed by atoms with E-state index in [2.05, 4.69) is 16.5 Å². The second kappa shape index (κ2) is 7.79. The van der Waals surface area contributed by atoms with Crippen LogP contribution in [0.25, 0.3) is 16.6 Å². The molecule has 0 spiro atoms. The number of hydrogen-bond donors (Lipinski definition) is 0.